The van der Waals surface area contributed by atoms with Crippen LogP contribution in [-0.4, -0.2) is 0 Å². The van der Waals surface area contributed by atoms with E-state index in [-0.39, 0.29) is 0 Å². The molecule has 0 N–H and O–H groups in total. The molecule has 34 heavy (non-hydrogen) atoms. The van der Waals surface area contributed by atoms with Crippen molar-refractivity contribution in [3.05, 3.63) is 35.5 Å². The lowest BCUT2D eigenvalue weighted by atomic mass is 9.45. The van der Waals surface area contributed by atoms with Crippen LogP contribution in [0.15, 0.2) is 35.5 Å². The van der Waals surface area contributed by atoms with Gasteiger partial charge in [-0.1, -0.05) is 119 Å². The van der Waals surface area contributed by atoms with Gasteiger partial charge in [0.25, 0.3) is 0 Å². The predicted molar refractivity (Wildman–Crippen MR) is 154 cm³/mol. The van der Waals surface area contributed by atoms with Gasteiger partial charge in [0.05, 0.1) is 0 Å². The largest absolute Gasteiger partial charge is 0.0852 e. The molecule has 8 unspecified atom stereocenters. The smallest absolute Gasteiger partial charge is 0.00473 e. The highest BCUT2D eigenvalue weighted by molar-refractivity contribution is 5.41. The second-order valence-electron chi connectivity index (χ2n) is 12.9. The average Bonchev–Trinajstić information content (AvgIpc) is 3.11. The van der Waals surface area contributed by atoms with Gasteiger partial charge in [0, 0.05) is 0 Å². The first-order chi connectivity index (χ1) is 16.0. The van der Waals surface area contributed by atoms with Crippen molar-refractivity contribution in [1.29, 1.82) is 0 Å². The summed E-state index contributed by atoms with van der Waals surface area (Å²) in [6, 6.07) is 0. The Kier molecular flexibility index (Phi) is 9.98. The summed E-state index contributed by atoms with van der Waals surface area (Å²) in [5, 5.41) is 0. The fourth-order valence-corrected chi connectivity index (χ4v) is 8.15. The Morgan fingerprint density at radius 3 is 2.09 bits per heavy atom. The molecule has 196 valence electrons. The molecule has 0 bridgehead atoms. The Bertz CT molecular complexity index is 750. The van der Waals surface area contributed by atoms with Gasteiger partial charge in [0.15, 0.2) is 0 Å². The first-order valence-electron chi connectivity index (χ1n) is 15.1. The van der Waals surface area contributed by atoms with Crippen LogP contribution in [0.3, 0.4) is 0 Å². The first-order valence-corrected chi connectivity index (χ1v) is 15.1. The van der Waals surface area contributed by atoms with Gasteiger partial charge in [-0.15, -0.1) is 0 Å². The van der Waals surface area contributed by atoms with Crippen LogP contribution in [-0.2, 0) is 0 Å². The Hall–Kier alpha value is -0.780. The number of hydrogen-bond donors (Lipinski definition) is 0. The van der Waals surface area contributed by atoms with Gasteiger partial charge in [-0.05, 0) is 96.7 Å². The van der Waals surface area contributed by atoms with Crippen LogP contribution in [0.2, 0.25) is 0 Å². The summed E-state index contributed by atoms with van der Waals surface area (Å²) in [7, 11) is 0. The van der Waals surface area contributed by atoms with Gasteiger partial charge in [-0.25, -0.2) is 0 Å². The van der Waals surface area contributed by atoms with E-state index >= 15 is 0 Å². The van der Waals surface area contributed by atoms with E-state index in [1.165, 1.54) is 44.9 Å². The summed E-state index contributed by atoms with van der Waals surface area (Å²) in [6.07, 6.45) is 20.1. The fraction of sp³-hybridized carbons (Fsp3) is 0.824. The summed E-state index contributed by atoms with van der Waals surface area (Å²) >= 11 is 0. The molecule has 4 aliphatic rings. The number of hydrogen-bond acceptors (Lipinski definition) is 0. The van der Waals surface area contributed by atoms with Crippen molar-refractivity contribution >= 4 is 0 Å². The van der Waals surface area contributed by atoms with Gasteiger partial charge < -0.3 is 0 Å². The molecular formula is C34H60. The molecule has 4 rings (SSSR count). The highest BCUT2D eigenvalue weighted by Gasteiger charge is 2.62. The van der Waals surface area contributed by atoms with Gasteiger partial charge in [-0.2, -0.15) is 0 Å². The summed E-state index contributed by atoms with van der Waals surface area (Å²) in [5.41, 5.74) is 4.89. The van der Waals surface area contributed by atoms with Crippen LogP contribution in [0.25, 0.3) is 0 Å². The first kappa shape index (κ1) is 29.5. The second-order valence-corrected chi connectivity index (χ2v) is 12.9. The van der Waals surface area contributed by atoms with E-state index in [1.54, 1.807) is 5.57 Å². The molecule has 0 heteroatoms. The number of rotatable bonds is 4. The zero-order chi connectivity index (χ0) is 25.9. The van der Waals surface area contributed by atoms with Crippen LogP contribution >= 0.6 is 0 Å². The second kappa shape index (κ2) is 11.5. The third-order valence-corrected chi connectivity index (χ3v) is 11.1. The fourth-order valence-electron chi connectivity index (χ4n) is 8.15. The van der Waals surface area contributed by atoms with E-state index in [1.807, 2.05) is 33.3 Å². The molecule has 4 aliphatic carbocycles. The maximum atomic E-state index is 2.67. The highest BCUT2D eigenvalue weighted by Crippen LogP contribution is 2.71. The zero-order valence-electron chi connectivity index (χ0n) is 25.2. The summed E-state index contributed by atoms with van der Waals surface area (Å²) in [5.74, 6) is 4.61. The van der Waals surface area contributed by atoms with Crippen LogP contribution in [0.4, 0.5) is 0 Å². The standard InChI is InChI=1S/C30H48.2C2H6/c1-20(2)22(4)9-10-23(5)25-14-17-30(8)27-12-11-24-19-21(3)13-16-28(24,6)26(27)15-18-29(25,30)7;2*1-2/h9-12,20-23,25-26H,13-19H2,1-8H3;2*1-2H3/b10-9+;;. The van der Waals surface area contributed by atoms with E-state index < -0.39 is 0 Å². The third-order valence-electron chi connectivity index (χ3n) is 11.1. The van der Waals surface area contributed by atoms with Crippen LogP contribution in [0, 0.1) is 51.8 Å². The molecule has 8 atom stereocenters. The van der Waals surface area contributed by atoms with Gasteiger partial charge in [0.1, 0.15) is 0 Å². The normalized spacial score (nSPS) is 40.4. The number of fused-ring (bicyclic) bond motifs is 5. The summed E-state index contributed by atoms with van der Waals surface area (Å²) in [6.45, 7) is 28.0. The molecule has 0 nitrogen and oxygen atoms in total. The summed E-state index contributed by atoms with van der Waals surface area (Å²) in [4.78, 5) is 0. The minimum atomic E-state index is 0.389. The van der Waals surface area contributed by atoms with Crippen molar-refractivity contribution in [2.45, 2.75) is 128 Å². The van der Waals surface area contributed by atoms with E-state index in [0.717, 1.165) is 23.7 Å². The van der Waals surface area contributed by atoms with Crippen molar-refractivity contribution < 1.29 is 0 Å². The topological polar surface area (TPSA) is 0 Å². The van der Waals surface area contributed by atoms with Crippen LogP contribution < -0.4 is 0 Å². The Morgan fingerprint density at radius 1 is 0.824 bits per heavy atom. The molecular weight excluding hydrogens is 408 g/mol. The van der Waals surface area contributed by atoms with E-state index in [0.29, 0.717) is 28.1 Å². The van der Waals surface area contributed by atoms with Crippen molar-refractivity contribution in [1.82, 2.24) is 0 Å². The monoisotopic (exact) mass is 468 g/mol. The molecule has 3 saturated carbocycles. The van der Waals surface area contributed by atoms with Crippen LogP contribution in [0.1, 0.15) is 128 Å². The third kappa shape index (κ3) is 4.91. The Morgan fingerprint density at radius 2 is 1.47 bits per heavy atom. The molecule has 0 radical (unpaired) electrons. The van der Waals surface area contributed by atoms with E-state index in [9.17, 15) is 0 Å². The van der Waals surface area contributed by atoms with Crippen molar-refractivity contribution in [3.8, 4) is 0 Å². The molecule has 0 heterocycles. The Labute approximate surface area is 215 Å². The summed E-state index contributed by atoms with van der Waals surface area (Å²) < 4.78 is 0. The molecule has 0 amide bonds. The molecule has 0 aliphatic heterocycles. The molecule has 0 aromatic rings. The van der Waals surface area contributed by atoms with Gasteiger partial charge >= 0.3 is 0 Å². The maximum Gasteiger partial charge on any atom is -0.00473 e. The minimum absolute atomic E-state index is 0.389. The molecule has 0 aromatic carbocycles. The lowest BCUT2D eigenvalue weighted by molar-refractivity contribution is 0.000830. The minimum Gasteiger partial charge on any atom is -0.0852 e. The lowest BCUT2D eigenvalue weighted by Crippen LogP contribution is -2.50. The lowest BCUT2D eigenvalue weighted by Gasteiger charge is -2.59. The van der Waals surface area contributed by atoms with E-state index in [4.69, 9.17) is 0 Å². The van der Waals surface area contributed by atoms with Crippen molar-refractivity contribution in [3.63, 3.8) is 0 Å². The molecule has 0 saturated heterocycles. The quantitative estimate of drug-likeness (QED) is 0.360. The average molecular weight is 469 g/mol. The molecule has 0 aromatic heterocycles. The maximum absolute atomic E-state index is 2.67. The van der Waals surface area contributed by atoms with Crippen LogP contribution in [0.5, 0.6) is 0 Å². The predicted octanol–water partition coefficient (Wildman–Crippen LogP) is 11.0. The SMILES string of the molecule is CC.CC.CC1CCC2(C)C(=CC=C3C2CCC2(C)C(C(C)/C=C/C(C)C(C)C)CCC32C)C1. The molecule has 3 fully saturated rings. The highest BCUT2D eigenvalue weighted by atomic mass is 14.7. The van der Waals surface area contributed by atoms with Gasteiger partial charge in [0.2, 0.25) is 0 Å². The van der Waals surface area contributed by atoms with E-state index in [2.05, 4.69) is 79.7 Å². The zero-order valence-corrected chi connectivity index (χ0v) is 25.2. The van der Waals surface area contributed by atoms with Crippen molar-refractivity contribution in [2.75, 3.05) is 0 Å². The van der Waals surface area contributed by atoms with Crippen molar-refractivity contribution in [2.24, 2.45) is 51.8 Å². The number of allylic oxidation sites excluding steroid dienone is 6. The Balaban J connectivity index is 0.000000970. The van der Waals surface area contributed by atoms with Gasteiger partial charge in [-0.3, -0.25) is 0 Å². The molecule has 0 spiro atoms.